The molecule has 6 nitrogen and oxygen atoms in total. The smallest absolute Gasteiger partial charge is 0.233 e. The fourth-order valence-electron chi connectivity index (χ4n) is 2.99. The van der Waals surface area contributed by atoms with Gasteiger partial charge in [0.2, 0.25) is 17.7 Å². The first-order chi connectivity index (χ1) is 11.5. The predicted octanol–water partition coefficient (Wildman–Crippen LogP) is 2.13. The van der Waals surface area contributed by atoms with E-state index in [1.165, 1.54) is 5.56 Å². The van der Waals surface area contributed by atoms with E-state index in [-0.39, 0.29) is 11.9 Å². The monoisotopic (exact) mass is 328 g/mol. The molecule has 0 bridgehead atoms. The van der Waals surface area contributed by atoms with Crippen LogP contribution < -0.4 is 0 Å². The van der Waals surface area contributed by atoms with E-state index < -0.39 is 0 Å². The van der Waals surface area contributed by atoms with Crippen molar-refractivity contribution in [3.05, 3.63) is 47.2 Å². The lowest BCUT2D eigenvalue weighted by atomic mass is 10.1. The molecule has 1 aromatic heterocycles. The van der Waals surface area contributed by atoms with E-state index in [0.29, 0.717) is 18.2 Å². The summed E-state index contributed by atoms with van der Waals surface area (Å²) < 4.78 is 5.52. The summed E-state index contributed by atoms with van der Waals surface area (Å²) in [6.45, 7) is 9.04. The molecule has 1 atom stereocenters. The fourth-order valence-corrected chi connectivity index (χ4v) is 2.99. The van der Waals surface area contributed by atoms with Crippen LogP contribution in [-0.2, 0) is 11.2 Å². The Balaban J connectivity index is 1.52. The lowest BCUT2D eigenvalue weighted by molar-refractivity contribution is -0.132. The molecule has 0 radical (unpaired) electrons. The quantitative estimate of drug-likeness (QED) is 0.860. The summed E-state index contributed by atoms with van der Waals surface area (Å²) in [5, 5.41) is 7.99. The maximum Gasteiger partial charge on any atom is 0.233 e. The number of benzene rings is 1. The average molecular weight is 328 g/mol. The van der Waals surface area contributed by atoms with Crippen LogP contribution in [0.25, 0.3) is 0 Å². The van der Waals surface area contributed by atoms with Crippen molar-refractivity contribution in [3.8, 4) is 0 Å². The standard InChI is InChI=1S/C18H24N4O2/c1-13-4-6-16(7-5-13)12-17(23)22-10-8-21(9-11-22)14(2)18-20-19-15(3)24-18/h4-7,14H,8-12H2,1-3H3. The molecule has 0 aliphatic carbocycles. The van der Waals surface area contributed by atoms with Crippen molar-refractivity contribution in [2.45, 2.75) is 33.2 Å². The Morgan fingerprint density at radius 2 is 1.79 bits per heavy atom. The summed E-state index contributed by atoms with van der Waals surface area (Å²) in [6, 6.07) is 8.25. The van der Waals surface area contributed by atoms with E-state index in [2.05, 4.69) is 41.1 Å². The molecule has 2 aromatic rings. The molecule has 6 heteroatoms. The zero-order valence-electron chi connectivity index (χ0n) is 14.5. The molecule has 1 aliphatic rings. The van der Waals surface area contributed by atoms with Gasteiger partial charge in [-0.1, -0.05) is 29.8 Å². The van der Waals surface area contributed by atoms with Gasteiger partial charge in [0.15, 0.2) is 0 Å². The van der Waals surface area contributed by atoms with Crippen LogP contribution in [0.3, 0.4) is 0 Å². The van der Waals surface area contributed by atoms with Crippen molar-refractivity contribution < 1.29 is 9.21 Å². The van der Waals surface area contributed by atoms with Gasteiger partial charge in [-0.2, -0.15) is 0 Å². The summed E-state index contributed by atoms with van der Waals surface area (Å²) in [5.41, 5.74) is 2.28. The first-order valence-corrected chi connectivity index (χ1v) is 8.40. The molecule has 24 heavy (non-hydrogen) atoms. The Morgan fingerprint density at radius 1 is 1.12 bits per heavy atom. The number of aromatic nitrogens is 2. The van der Waals surface area contributed by atoms with E-state index in [1.54, 1.807) is 6.92 Å². The van der Waals surface area contributed by atoms with Crippen LogP contribution in [0.1, 0.15) is 35.9 Å². The van der Waals surface area contributed by atoms with Crippen LogP contribution >= 0.6 is 0 Å². The molecule has 0 saturated carbocycles. The minimum absolute atomic E-state index is 0.0838. The molecular formula is C18H24N4O2. The second kappa shape index (κ2) is 7.13. The molecule has 1 aliphatic heterocycles. The van der Waals surface area contributed by atoms with Crippen LogP contribution in [0.5, 0.6) is 0 Å². The second-order valence-electron chi connectivity index (χ2n) is 6.41. The topological polar surface area (TPSA) is 62.5 Å². The third-order valence-corrected chi connectivity index (χ3v) is 4.59. The SMILES string of the molecule is Cc1ccc(CC(=O)N2CCN(C(C)c3nnc(C)o3)CC2)cc1. The van der Waals surface area contributed by atoms with Crippen LogP contribution in [0.4, 0.5) is 0 Å². The van der Waals surface area contributed by atoms with E-state index in [0.717, 1.165) is 31.7 Å². The van der Waals surface area contributed by atoms with Gasteiger partial charge in [-0.15, -0.1) is 10.2 Å². The summed E-state index contributed by atoms with van der Waals surface area (Å²) in [7, 11) is 0. The molecular weight excluding hydrogens is 304 g/mol. The lowest BCUT2D eigenvalue weighted by Crippen LogP contribution is -2.49. The fraction of sp³-hybridized carbons (Fsp3) is 0.500. The van der Waals surface area contributed by atoms with Crippen molar-refractivity contribution in [1.82, 2.24) is 20.0 Å². The number of aryl methyl sites for hydroxylation is 2. The number of carbonyl (C=O) groups excluding carboxylic acids is 1. The van der Waals surface area contributed by atoms with Gasteiger partial charge in [0.1, 0.15) is 0 Å². The van der Waals surface area contributed by atoms with Crippen molar-refractivity contribution in [2.75, 3.05) is 26.2 Å². The van der Waals surface area contributed by atoms with E-state index in [1.807, 2.05) is 17.0 Å². The molecule has 128 valence electrons. The summed E-state index contributed by atoms with van der Waals surface area (Å²) in [6.07, 6.45) is 0.471. The molecule has 3 rings (SSSR count). The third kappa shape index (κ3) is 3.82. The third-order valence-electron chi connectivity index (χ3n) is 4.59. The molecule has 0 N–H and O–H groups in total. The van der Waals surface area contributed by atoms with E-state index >= 15 is 0 Å². The highest BCUT2D eigenvalue weighted by Gasteiger charge is 2.27. The minimum atomic E-state index is 0.0838. The molecule has 2 heterocycles. The zero-order chi connectivity index (χ0) is 17.1. The van der Waals surface area contributed by atoms with E-state index in [9.17, 15) is 4.79 Å². The van der Waals surface area contributed by atoms with E-state index in [4.69, 9.17) is 4.42 Å². The summed E-state index contributed by atoms with van der Waals surface area (Å²) in [4.78, 5) is 16.7. The van der Waals surface area contributed by atoms with Crippen LogP contribution in [0.2, 0.25) is 0 Å². The van der Waals surface area contributed by atoms with Gasteiger partial charge in [0.25, 0.3) is 0 Å². The minimum Gasteiger partial charge on any atom is -0.424 e. The highest BCUT2D eigenvalue weighted by atomic mass is 16.4. The van der Waals surface area contributed by atoms with Crippen LogP contribution in [0, 0.1) is 13.8 Å². The normalized spacial score (nSPS) is 17.0. The molecule has 0 spiro atoms. The first kappa shape index (κ1) is 16.6. The highest BCUT2D eigenvalue weighted by Crippen LogP contribution is 2.20. The molecule has 1 aromatic carbocycles. The number of hydrogen-bond acceptors (Lipinski definition) is 5. The van der Waals surface area contributed by atoms with Crippen molar-refractivity contribution in [1.29, 1.82) is 0 Å². The van der Waals surface area contributed by atoms with Gasteiger partial charge in [0.05, 0.1) is 12.5 Å². The number of piperazine rings is 1. The largest absolute Gasteiger partial charge is 0.424 e. The Bertz CT molecular complexity index is 687. The Kier molecular flexibility index (Phi) is 4.94. The van der Waals surface area contributed by atoms with Crippen molar-refractivity contribution in [3.63, 3.8) is 0 Å². The summed E-state index contributed by atoms with van der Waals surface area (Å²) in [5.74, 6) is 1.43. The predicted molar refractivity (Wildman–Crippen MR) is 90.5 cm³/mol. The number of hydrogen-bond donors (Lipinski definition) is 0. The average Bonchev–Trinajstić information content (AvgIpc) is 3.03. The highest BCUT2D eigenvalue weighted by molar-refractivity contribution is 5.78. The maximum atomic E-state index is 12.5. The maximum absolute atomic E-state index is 12.5. The number of nitrogens with zero attached hydrogens (tertiary/aromatic N) is 4. The van der Waals surface area contributed by atoms with Gasteiger partial charge in [-0.3, -0.25) is 9.69 Å². The lowest BCUT2D eigenvalue weighted by Gasteiger charge is -2.37. The summed E-state index contributed by atoms with van der Waals surface area (Å²) >= 11 is 0. The number of amides is 1. The molecule has 1 fully saturated rings. The Morgan fingerprint density at radius 3 is 2.38 bits per heavy atom. The molecule has 1 amide bonds. The molecule has 1 unspecified atom stereocenters. The van der Waals surface area contributed by atoms with Crippen molar-refractivity contribution >= 4 is 5.91 Å². The second-order valence-corrected chi connectivity index (χ2v) is 6.41. The van der Waals surface area contributed by atoms with Gasteiger partial charge in [-0.05, 0) is 19.4 Å². The molecule has 1 saturated heterocycles. The Hall–Kier alpha value is -2.21. The van der Waals surface area contributed by atoms with Crippen LogP contribution in [0.15, 0.2) is 28.7 Å². The number of carbonyl (C=O) groups is 1. The van der Waals surface area contributed by atoms with Gasteiger partial charge in [0, 0.05) is 33.1 Å². The van der Waals surface area contributed by atoms with Gasteiger partial charge in [-0.25, -0.2) is 0 Å². The first-order valence-electron chi connectivity index (χ1n) is 8.40. The van der Waals surface area contributed by atoms with Crippen molar-refractivity contribution in [2.24, 2.45) is 0 Å². The Labute approximate surface area is 142 Å². The van der Waals surface area contributed by atoms with Crippen LogP contribution in [-0.4, -0.2) is 52.1 Å². The van der Waals surface area contributed by atoms with Gasteiger partial charge >= 0.3 is 0 Å². The van der Waals surface area contributed by atoms with Gasteiger partial charge < -0.3 is 9.32 Å². The number of rotatable bonds is 4. The zero-order valence-corrected chi connectivity index (χ0v) is 14.5.